The average Bonchev–Trinajstić information content (AvgIpc) is 3.13. The van der Waals surface area contributed by atoms with Gasteiger partial charge in [-0.25, -0.2) is 0 Å². The van der Waals surface area contributed by atoms with Crippen LogP contribution in [-0.4, -0.2) is 45.2 Å². The minimum absolute atomic E-state index is 0.0718. The number of amides is 1. The van der Waals surface area contributed by atoms with E-state index in [4.69, 9.17) is 16.3 Å². The summed E-state index contributed by atoms with van der Waals surface area (Å²) >= 11 is 5.98. The van der Waals surface area contributed by atoms with Crippen LogP contribution in [0.3, 0.4) is 0 Å². The third kappa shape index (κ3) is 4.66. The van der Waals surface area contributed by atoms with Crippen molar-refractivity contribution in [1.29, 1.82) is 0 Å². The topological polar surface area (TPSA) is 47.2 Å². The van der Waals surface area contributed by atoms with E-state index in [0.29, 0.717) is 11.6 Å². The summed E-state index contributed by atoms with van der Waals surface area (Å²) < 4.78 is 5.60. The number of nitrogens with one attached hydrogen (secondary N) is 3. The molecule has 148 valence electrons. The van der Waals surface area contributed by atoms with Crippen molar-refractivity contribution in [3.05, 3.63) is 58.1 Å². The van der Waals surface area contributed by atoms with Crippen molar-refractivity contribution in [3.8, 4) is 5.75 Å². The van der Waals surface area contributed by atoms with Crippen LogP contribution < -0.4 is 19.9 Å². The molecule has 0 unspecified atom stereocenters. The third-order valence-electron chi connectivity index (χ3n) is 5.75. The molecule has 2 aliphatic rings. The van der Waals surface area contributed by atoms with E-state index in [1.807, 2.05) is 25.1 Å². The van der Waals surface area contributed by atoms with Gasteiger partial charge >= 0.3 is 0 Å². The number of hydrogen-bond acceptors (Lipinski definition) is 2. The van der Waals surface area contributed by atoms with Crippen molar-refractivity contribution in [2.24, 2.45) is 0 Å². The van der Waals surface area contributed by atoms with Crippen molar-refractivity contribution in [3.63, 3.8) is 0 Å². The van der Waals surface area contributed by atoms with Crippen LogP contribution in [0.5, 0.6) is 5.75 Å². The first kappa shape index (κ1) is 19.2. The maximum absolute atomic E-state index is 12.4. The molecule has 4 rings (SSSR count). The Morgan fingerprint density at radius 1 is 1.11 bits per heavy atom. The van der Waals surface area contributed by atoms with Gasteiger partial charge in [0.1, 0.15) is 38.5 Å². The molecule has 2 aliphatic heterocycles. The van der Waals surface area contributed by atoms with E-state index >= 15 is 0 Å². The van der Waals surface area contributed by atoms with Gasteiger partial charge in [-0.05, 0) is 54.4 Å². The van der Waals surface area contributed by atoms with E-state index in [1.54, 1.807) is 4.90 Å². The van der Waals surface area contributed by atoms with Crippen molar-refractivity contribution in [1.82, 2.24) is 0 Å². The maximum atomic E-state index is 12.4. The number of rotatable bonds is 5. The molecular formula is C22H28ClN3O2+2. The second kappa shape index (κ2) is 8.52. The molecule has 3 N–H and O–H groups in total. The highest BCUT2D eigenvalue weighted by molar-refractivity contribution is 6.30. The Balaban J connectivity index is 1.24. The molecule has 1 fully saturated rings. The number of quaternary nitrogens is 2. The first-order valence-corrected chi connectivity index (χ1v) is 10.4. The van der Waals surface area contributed by atoms with E-state index in [9.17, 15) is 4.79 Å². The van der Waals surface area contributed by atoms with Crippen molar-refractivity contribution >= 4 is 23.2 Å². The van der Waals surface area contributed by atoms with Gasteiger partial charge < -0.3 is 19.9 Å². The lowest BCUT2D eigenvalue weighted by atomic mass is 10.1. The SMILES string of the molecule is Cc1cc(Cl)ccc1NC(=O)C[NH+]1CC[NH+](Cc2ccc3c(c2)CCO3)CC1. The number of benzene rings is 2. The minimum Gasteiger partial charge on any atom is -0.493 e. The number of ether oxygens (including phenoxy) is 1. The number of carbonyl (C=O) groups excluding carboxylic acids is 1. The van der Waals surface area contributed by atoms with E-state index in [1.165, 1.54) is 16.0 Å². The molecule has 2 heterocycles. The first-order chi connectivity index (χ1) is 13.6. The average molecular weight is 402 g/mol. The van der Waals surface area contributed by atoms with Crippen molar-refractivity contribution in [2.45, 2.75) is 19.9 Å². The molecule has 1 saturated heterocycles. The summed E-state index contributed by atoms with van der Waals surface area (Å²) in [6.07, 6.45) is 1.03. The molecule has 0 saturated carbocycles. The number of carbonyl (C=O) groups is 1. The lowest BCUT2D eigenvalue weighted by molar-refractivity contribution is -1.02. The summed E-state index contributed by atoms with van der Waals surface area (Å²) in [6, 6.07) is 12.2. The standard InChI is InChI=1S/C22H26ClN3O2/c1-16-12-19(23)3-4-20(16)24-22(27)15-26-9-7-25(8-10-26)14-17-2-5-21-18(13-17)6-11-28-21/h2-5,12-13H,6-11,14-15H2,1H3,(H,24,27)/p+2. The number of hydrogen-bond donors (Lipinski definition) is 3. The molecule has 5 nitrogen and oxygen atoms in total. The van der Waals surface area contributed by atoms with E-state index in [-0.39, 0.29) is 5.91 Å². The van der Waals surface area contributed by atoms with Crippen LogP contribution in [0, 0.1) is 6.92 Å². The van der Waals surface area contributed by atoms with E-state index < -0.39 is 0 Å². The second-order valence-electron chi connectivity index (χ2n) is 7.90. The normalized spacial score (nSPS) is 21.1. The fraction of sp³-hybridized carbons (Fsp3) is 0.409. The van der Waals surface area contributed by atoms with Crippen molar-refractivity contribution in [2.75, 3.05) is 44.6 Å². The molecule has 0 spiro atoms. The summed E-state index contributed by atoms with van der Waals surface area (Å²) in [7, 11) is 0. The number of aryl methyl sites for hydroxylation is 1. The highest BCUT2D eigenvalue weighted by Crippen LogP contribution is 2.25. The molecule has 28 heavy (non-hydrogen) atoms. The van der Waals surface area contributed by atoms with Crippen LogP contribution in [0.15, 0.2) is 36.4 Å². The molecule has 2 aromatic rings. The molecule has 0 aromatic heterocycles. The van der Waals surface area contributed by atoms with Crippen LogP contribution in [-0.2, 0) is 17.8 Å². The second-order valence-corrected chi connectivity index (χ2v) is 8.34. The Morgan fingerprint density at radius 3 is 2.68 bits per heavy atom. The molecule has 2 aromatic carbocycles. The highest BCUT2D eigenvalue weighted by atomic mass is 35.5. The Morgan fingerprint density at radius 2 is 1.89 bits per heavy atom. The van der Waals surface area contributed by atoms with Gasteiger partial charge in [0.25, 0.3) is 5.91 Å². The zero-order valence-corrected chi connectivity index (χ0v) is 17.1. The molecule has 6 heteroatoms. The Kier molecular flexibility index (Phi) is 5.85. The lowest BCUT2D eigenvalue weighted by Gasteiger charge is -2.29. The van der Waals surface area contributed by atoms with Crippen LogP contribution >= 0.6 is 11.6 Å². The lowest BCUT2D eigenvalue weighted by Crippen LogP contribution is -3.28. The van der Waals surface area contributed by atoms with Gasteiger partial charge in [0, 0.05) is 22.7 Å². The Labute approximate surface area is 171 Å². The van der Waals surface area contributed by atoms with Gasteiger partial charge in [-0.3, -0.25) is 4.79 Å². The zero-order chi connectivity index (χ0) is 19.5. The number of fused-ring (bicyclic) bond motifs is 1. The Bertz CT molecular complexity index is 863. The Hall–Kier alpha value is -2.08. The largest absolute Gasteiger partial charge is 0.493 e. The third-order valence-corrected chi connectivity index (χ3v) is 5.98. The smallest absolute Gasteiger partial charge is 0.279 e. The highest BCUT2D eigenvalue weighted by Gasteiger charge is 2.25. The van der Waals surface area contributed by atoms with Crippen LogP contribution in [0.25, 0.3) is 0 Å². The van der Waals surface area contributed by atoms with Crippen LogP contribution in [0.1, 0.15) is 16.7 Å². The van der Waals surface area contributed by atoms with E-state index in [0.717, 1.165) is 62.8 Å². The predicted octanol–water partition coefficient (Wildman–Crippen LogP) is 0.505. The van der Waals surface area contributed by atoms with Gasteiger partial charge in [-0.15, -0.1) is 0 Å². The van der Waals surface area contributed by atoms with E-state index in [2.05, 4.69) is 23.5 Å². The summed E-state index contributed by atoms with van der Waals surface area (Å²) in [6.45, 7) is 8.58. The summed E-state index contributed by atoms with van der Waals surface area (Å²) in [5, 5.41) is 3.71. The molecule has 1 amide bonds. The summed E-state index contributed by atoms with van der Waals surface area (Å²) in [5.41, 5.74) is 4.57. The molecule has 0 aliphatic carbocycles. The van der Waals surface area contributed by atoms with Gasteiger partial charge in [-0.2, -0.15) is 0 Å². The van der Waals surface area contributed by atoms with Gasteiger partial charge in [0.2, 0.25) is 0 Å². The summed E-state index contributed by atoms with van der Waals surface area (Å²) in [4.78, 5) is 15.4. The van der Waals surface area contributed by atoms with Crippen LogP contribution in [0.2, 0.25) is 5.02 Å². The number of piperazine rings is 1. The zero-order valence-electron chi connectivity index (χ0n) is 16.3. The molecule has 0 radical (unpaired) electrons. The quantitative estimate of drug-likeness (QED) is 0.683. The van der Waals surface area contributed by atoms with Gasteiger partial charge in [0.05, 0.1) is 6.61 Å². The molecule has 0 atom stereocenters. The van der Waals surface area contributed by atoms with Crippen molar-refractivity contribution < 1.29 is 19.3 Å². The minimum atomic E-state index is 0.0718. The van der Waals surface area contributed by atoms with Gasteiger partial charge in [0.15, 0.2) is 6.54 Å². The van der Waals surface area contributed by atoms with Crippen LogP contribution in [0.4, 0.5) is 5.69 Å². The fourth-order valence-electron chi connectivity index (χ4n) is 4.14. The first-order valence-electron chi connectivity index (χ1n) is 10.0. The number of anilines is 1. The maximum Gasteiger partial charge on any atom is 0.279 e. The number of halogens is 1. The molecular weight excluding hydrogens is 374 g/mol. The predicted molar refractivity (Wildman–Crippen MR) is 110 cm³/mol. The van der Waals surface area contributed by atoms with Gasteiger partial charge in [-0.1, -0.05) is 11.6 Å². The monoisotopic (exact) mass is 401 g/mol. The molecule has 0 bridgehead atoms. The summed E-state index contributed by atoms with van der Waals surface area (Å²) in [5.74, 6) is 1.12. The fourth-order valence-corrected chi connectivity index (χ4v) is 4.36.